The number of aromatic amines is 1. The van der Waals surface area contributed by atoms with Gasteiger partial charge in [-0.3, -0.25) is 14.8 Å². The summed E-state index contributed by atoms with van der Waals surface area (Å²) in [6.45, 7) is 3.59. The number of hydrogen-bond acceptors (Lipinski definition) is 4. The van der Waals surface area contributed by atoms with Gasteiger partial charge in [-0.05, 0) is 29.8 Å². The van der Waals surface area contributed by atoms with Crippen molar-refractivity contribution in [3.05, 3.63) is 64.0 Å². The van der Waals surface area contributed by atoms with E-state index in [1.54, 1.807) is 24.5 Å². The molecule has 6 nitrogen and oxygen atoms in total. The van der Waals surface area contributed by atoms with Gasteiger partial charge in [0.1, 0.15) is 5.69 Å². The fourth-order valence-corrected chi connectivity index (χ4v) is 3.62. The van der Waals surface area contributed by atoms with Gasteiger partial charge in [0.05, 0.1) is 6.26 Å². The summed E-state index contributed by atoms with van der Waals surface area (Å²) >= 11 is 12.2. The van der Waals surface area contributed by atoms with E-state index in [0.717, 1.165) is 25.2 Å². The molecule has 1 aliphatic heterocycles. The lowest BCUT2D eigenvalue weighted by molar-refractivity contribution is 0.0622. The number of aromatic nitrogens is 2. The Kier molecular flexibility index (Phi) is 5.20. The summed E-state index contributed by atoms with van der Waals surface area (Å²) in [7, 11) is 0. The quantitative estimate of drug-likeness (QED) is 0.714. The Bertz CT molecular complexity index is 931. The first kappa shape index (κ1) is 18.1. The molecule has 0 atom stereocenters. The predicted molar refractivity (Wildman–Crippen MR) is 104 cm³/mol. The molecule has 0 radical (unpaired) electrons. The Balaban J connectivity index is 1.35. The lowest BCUT2D eigenvalue weighted by Gasteiger charge is -2.34. The first-order chi connectivity index (χ1) is 13.1. The van der Waals surface area contributed by atoms with Crippen molar-refractivity contribution >= 4 is 29.1 Å². The van der Waals surface area contributed by atoms with E-state index in [-0.39, 0.29) is 5.91 Å². The highest BCUT2D eigenvalue weighted by molar-refractivity contribution is 6.35. The fourth-order valence-electron chi connectivity index (χ4n) is 3.15. The van der Waals surface area contributed by atoms with Gasteiger partial charge in [-0.15, -0.1) is 0 Å². The largest absolute Gasteiger partial charge is 0.463 e. The minimum Gasteiger partial charge on any atom is -0.463 e. The van der Waals surface area contributed by atoms with Crippen molar-refractivity contribution in [1.29, 1.82) is 0 Å². The Labute approximate surface area is 166 Å². The summed E-state index contributed by atoms with van der Waals surface area (Å²) in [5.41, 5.74) is 2.13. The number of rotatable bonds is 4. The Morgan fingerprint density at radius 1 is 1.15 bits per heavy atom. The van der Waals surface area contributed by atoms with Crippen LogP contribution in [0, 0.1) is 0 Å². The van der Waals surface area contributed by atoms with Crippen molar-refractivity contribution in [1.82, 2.24) is 20.0 Å². The zero-order valence-electron chi connectivity index (χ0n) is 14.5. The summed E-state index contributed by atoms with van der Waals surface area (Å²) in [4.78, 5) is 16.8. The molecule has 0 saturated carbocycles. The second-order valence-electron chi connectivity index (χ2n) is 6.45. The van der Waals surface area contributed by atoms with Crippen LogP contribution in [0.1, 0.15) is 16.1 Å². The molecule has 1 aliphatic rings. The van der Waals surface area contributed by atoms with Crippen LogP contribution >= 0.6 is 23.2 Å². The molecular weight excluding hydrogens is 387 g/mol. The molecule has 27 heavy (non-hydrogen) atoms. The molecule has 3 aromatic rings. The average Bonchev–Trinajstić information content (AvgIpc) is 3.35. The van der Waals surface area contributed by atoms with Gasteiger partial charge in [-0.25, -0.2) is 0 Å². The summed E-state index contributed by atoms with van der Waals surface area (Å²) in [5.74, 6) is 0.583. The number of carbonyl (C=O) groups is 1. The lowest BCUT2D eigenvalue weighted by atomic mass is 10.2. The standard InChI is InChI=1S/C19H18Cl2N4O2/c20-14-4-3-13(15(21)10-14)12-24-5-7-25(8-6-24)19(26)17-11-16(22-23-17)18-2-1-9-27-18/h1-4,9-11H,5-8,12H2,(H,22,23). The van der Waals surface area contributed by atoms with Crippen LogP contribution in [0.4, 0.5) is 0 Å². The van der Waals surface area contributed by atoms with Crippen LogP contribution in [0.5, 0.6) is 0 Å². The van der Waals surface area contributed by atoms with Gasteiger partial charge in [-0.1, -0.05) is 29.3 Å². The molecule has 0 unspecified atom stereocenters. The first-order valence-electron chi connectivity index (χ1n) is 8.65. The number of nitrogens with one attached hydrogen (secondary N) is 1. The van der Waals surface area contributed by atoms with Crippen molar-refractivity contribution in [2.45, 2.75) is 6.54 Å². The van der Waals surface area contributed by atoms with E-state index in [1.807, 2.05) is 23.1 Å². The first-order valence-corrected chi connectivity index (χ1v) is 9.40. The molecule has 8 heteroatoms. The Morgan fingerprint density at radius 3 is 2.67 bits per heavy atom. The van der Waals surface area contributed by atoms with E-state index in [0.29, 0.717) is 40.3 Å². The number of halogens is 2. The SMILES string of the molecule is O=C(c1cc(-c2ccco2)[nH]n1)N1CCN(Cc2ccc(Cl)cc2Cl)CC1. The third-order valence-corrected chi connectivity index (χ3v) is 5.24. The molecule has 2 aromatic heterocycles. The number of furan rings is 1. The highest BCUT2D eigenvalue weighted by Gasteiger charge is 2.24. The minimum absolute atomic E-state index is 0.0757. The van der Waals surface area contributed by atoms with Crippen LogP contribution in [-0.2, 0) is 6.54 Å². The fraction of sp³-hybridized carbons (Fsp3) is 0.263. The smallest absolute Gasteiger partial charge is 0.274 e. The van der Waals surface area contributed by atoms with Gasteiger partial charge >= 0.3 is 0 Å². The van der Waals surface area contributed by atoms with Crippen molar-refractivity contribution in [3.63, 3.8) is 0 Å². The molecule has 0 aliphatic carbocycles. The number of H-pyrrole nitrogens is 1. The molecule has 1 N–H and O–H groups in total. The van der Waals surface area contributed by atoms with Gasteiger partial charge in [-0.2, -0.15) is 5.10 Å². The molecule has 0 spiro atoms. The van der Waals surface area contributed by atoms with Crippen LogP contribution in [0.25, 0.3) is 11.5 Å². The molecule has 1 aromatic carbocycles. The third-order valence-electron chi connectivity index (χ3n) is 4.65. The highest BCUT2D eigenvalue weighted by Crippen LogP contribution is 2.23. The second kappa shape index (κ2) is 7.76. The molecule has 3 heterocycles. The third kappa shape index (κ3) is 4.03. The van der Waals surface area contributed by atoms with E-state index in [9.17, 15) is 4.79 Å². The van der Waals surface area contributed by atoms with E-state index >= 15 is 0 Å². The number of benzene rings is 1. The highest BCUT2D eigenvalue weighted by atomic mass is 35.5. The number of nitrogens with zero attached hydrogens (tertiary/aromatic N) is 3. The van der Waals surface area contributed by atoms with Crippen LogP contribution in [-0.4, -0.2) is 52.1 Å². The summed E-state index contributed by atoms with van der Waals surface area (Å²) < 4.78 is 5.32. The van der Waals surface area contributed by atoms with Crippen molar-refractivity contribution in [3.8, 4) is 11.5 Å². The maximum Gasteiger partial charge on any atom is 0.274 e. The maximum atomic E-state index is 12.7. The topological polar surface area (TPSA) is 65.4 Å². The Hall–Kier alpha value is -2.28. The number of piperazine rings is 1. The summed E-state index contributed by atoms with van der Waals surface area (Å²) in [6, 6.07) is 10.9. The van der Waals surface area contributed by atoms with E-state index in [4.69, 9.17) is 27.6 Å². The zero-order chi connectivity index (χ0) is 18.8. The number of hydrogen-bond donors (Lipinski definition) is 1. The van der Waals surface area contributed by atoms with Crippen molar-refractivity contribution < 1.29 is 9.21 Å². The molecule has 140 valence electrons. The summed E-state index contributed by atoms with van der Waals surface area (Å²) in [5, 5.41) is 8.29. The number of amides is 1. The van der Waals surface area contributed by atoms with Crippen molar-refractivity contribution in [2.75, 3.05) is 26.2 Å². The molecule has 1 saturated heterocycles. The van der Waals surface area contributed by atoms with Gasteiger partial charge in [0.25, 0.3) is 5.91 Å². The van der Waals surface area contributed by atoms with E-state index in [1.165, 1.54) is 0 Å². The lowest BCUT2D eigenvalue weighted by Crippen LogP contribution is -2.48. The second-order valence-corrected chi connectivity index (χ2v) is 7.29. The monoisotopic (exact) mass is 404 g/mol. The van der Waals surface area contributed by atoms with Crippen LogP contribution in [0.2, 0.25) is 10.0 Å². The predicted octanol–water partition coefficient (Wildman–Crippen LogP) is 3.93. The van der Waals surface area contributed by atoms with Gasteiger partial charge < -0.3 is 9.32 Å². The maximum absolute atomic E-state index is 12.7. The molecule has 4 rings (SSSR count). The average molecular weight is 405 g/mol. The van der Waals surface area contributed by atoms with E-state index in [2.05, 4.69) is 15.1 Å². The normalized spacial score (nSPS) is 15.3. The van der Waals surface area contributed by atoms with Crippen molar-refractivity contribution in [2.24, 2.45) is 0 Å². The van der Waals surface area contributed by atoms with E-state index < -0.39 is 0 Å². The summed E-state index contributed by atoms with van der Waals surface area (Å²) in [6.07, 6.45) is 1.59. The van der Waals surface area contributed by atoms with Crippen LogP contribution in [0.3, 0.4) is 0 Å². The zero-order valence-corrected chi connectivity index (χ0v) is 16.0. The van der Waals surface area contributed by atoms with Gasteiger partial charge in [0.15, 0.2) is 11.5 Å². The molecule has 0 bridgehead atoms. The molecule has 1 amide bonds. The van der Waals surface area contributed by atoms with Crippen LogP contribution in [0.15, 0.2) is 47.1 Å². The Morgan fingerprint density at radius 2 is 1.96 bits per heavy atom. The molecular formula is C19H18Cl2N4O2. The van der Waals surface area contributed by atoms with Gasteiger partial charge in [0.2, 0.25) is 0 Å². The van der Waals surface area contributed by atoms with Gasteiger partial charge in [0, 0.05) is 48.8 Å². The molecule has 1 fully saturated rings. The minimum atomic E-state index is -0.0757. The number of carbonyl (C=O) groups excluding carboxylic acids is 1. The van der Waals surface area contributed by atoms with Crippen LogP contribution < -0.4 is 0 Å².